The number of rotatable bonds is 28. The van der Waals surface area contributed by atoms with Crippen LogP contribution in [0.25, 0.3) is 0 Å². The van der Waals surface area contributed by atoms with E-state index in [1.165, 1.54) is 108 Å². The summed E-state index contributed by atoms with van der Waals surface area (Å²) in [5, 5.41) is 22.6. The number of unbranched alkanes of at least 4 members (excludes halogenated alkanes) is 18. The van der Waals surface area contributed by atoms with E-state index in [4.69, 9.17) is 9.47 Å². The van der Waals surface area contributed by atoms with Crippen LogP contribution in [0.2, 0.25) is 0 Å². The summed E-state index contributed by atoms with van der Waals surface area (Å²) < 4.78 is 81.0. The molecule has 0 aromatic heterocycles. The van der Waals surface area contributed by atoms with Gasteiger partial charge in [-0.15, -0.1) is 5.75 Å². The summed E-state index contributed by atoms with van der Waals surface area (Å²) in [5.74, 6) is 0.227. The van der Waals surface area contributed by atoms with Crippen LogP contribution in [0, 0.1) is 0 Å². The standard InChI is InChI=1S/2C24H34O5S.Ca/c2*1-2-3-4-5-6-7-8-9-10-14-17-21-22(25)18-19-23(24(21)30(26,27)28)29-20-15-12-11-13-16-20;/h2*11-13,15-16,18-19,25H,2-10,14,17H2,1H3,(H,26,27,28);/q;;+2/p-2. The average molecular weight is 907 g/mol. The first-order valence-corrected chi connectivity index (χ1v) is 24.8. The van der Waals surface area contributed by atoms with Crippen LogP contribution in [-0.4, -0.2) is 68.8 Å². The zero-order valence-corrected chi connectivity index (χ0v) is 40.2. The Hall–Kier alpha value is -2.84. The maximum absolute atomic E-state index is 12.3. The van der Waals surface area contributed by atoms with Gasteiger partial charge in [-0.3, -0.25) is 4.55 Å². The second-order valence-electron chi connectivity index (χ2n) is 15.4. The fraction of sp³-hybridized carbons (Fsp3) is 0.500. The predicted octanol–water partition coefficient (Wildman–Crippen LogP) is 12.4. The van der Waals surface area contributed by atoms with Gasteiger partial charge in [0.2, 0.25) is 0 Å². The Labute approximate surface area is 396 Å². The van der Waals surface area contributed by atoms with Crippen molar-refractivity contribution in [1.82, 2.24) is 0 Å². The van der Waals surface area contributed by atoms with Gasteiger partial charge in [-0.2, -0.15) is 8.42 Å². The summed E-state index contributed by atoms with van der Waals surface area (Å²) in [6, 6.07) is 22.7. The Bertz CT molecular complexity index is 1880. The molecule has 0 saturated carbocycles. The van der Waals surface area contributed by atoms with Crippen LogP contribution in [0.15, 0.2) is 94.7 Å². The maximum atomic E-state index is 12.3. The molecule has 0 atom stereocenters. The third-order valence-corrected chi connectivity index (χ3v) is 12.3. The molecule has 0 aliphatic carbocycles. The van der Waals surface area contributed by atoms with Crippen molar-refractivity contribution in [3.05, 3.63) is 96.1 Å². The number of aromatic hydroxyl groups is 1. The summed E-state index contributed by atoms with van der Waals surface area (Å²) >= 11 is 0. The van der Waals surface area contributed by atoms with E-state index in [0.29, 0.717) is 24.3 Å². The number of para-hydroxylation sites is 2. The normalized spacial score (nSPS) is 11.3. The zero-order chi connectivity index (χ0) is 43.6. The van der Waals surface area contributed by atoms with Crippen LogP contribution >= 0.6 is 0 Å². The van der Waals surface area contributed by atoms with Gasteiger partial charge >= 0.3 is 37.7 Å². The van der Waals surface area contributed by atoms with E-state index in [0.717, 1.165) is 38.5 Å². The quantitative estimate of drug-likeness (QED) is 0.0317. The van der Waals surface area contributed by atoms with Gasteiger partial charge < -0.3 is 24.2 Å². The second-order valence-corrected chi connectivity index (χ2v) is 18.1. The summed E-state index contributed by atoms with van der Waals surface area (Å²) in [4.78, 5) is -0.864. The fourth-order valence-electron chi connectivity index (χ4n) is 7.19. The summed E-state index contributed by atoms with van der Waals surface area (Å²) in [6.45, 7) is 4.43. The number of ether oxygens (including phenoxy) is 2. The van der Waals surface area contributed by atoms with Gasteiger partial charge in [0.15, 0.2) is 0 Å². The molecule has 0 heterocycles. The molecule has 4 aromatic carbocycles. The molecule has 2 N–H and O–H groups in total. The molecule has 4 aromatic rings. The molecule has 13 heteroatoms. The van der Waals surface area contributed by atoms with Crippen LogP contribution in [0.4, 0.5) is 0 Å². The van der Waals surface area contributed by atoms with Gasteiger partial charge in [0, 0.05) is 5.56 Å². The molecule has 61 heavy (non-hydrogen) atoms. The Morgan fingerprint density at radius 2 is 0.852 bits per heavy atom. The molecule has 0 unspecified atom stereocenters. The molecule has 0 fully saturated rings. The number of hydrogen-bond donors (Lipinski definition) is 2. The van der Waals surface area contributed by atoms with Crippen molar-refractivity contribution in [2.45, 2.75) is 165 Å². The molecule has 0 radical (unpaired) electrons. The minimum absolute atomic E-state index is 0. The monoisotopic (exact) mass is 906 g/mol. The van der Waals surface area contributed by atoms with E-state index in [9.17, 15) is 36.2 Å². The van der Waals surface area contributed by atoms with Crippen molar-refractivity contribution < 1.29 is 45.6 Å². The first kappa shape index (κ1) is 54.3. The van der Waals surface area contributed by atoms with Crippen LogP contribution in [0.1, 0.15) is 153 Å². The van der Waals surface area contributed by atoms with Crippen molar-refractivity contribution >= 4 is 58.0 Å². The summed E-state index contributed by atoms with van der Waals surface area (Å²) in [5.41, 5.74) is 0.253. The second kappa shape index (κ2) is 30.3. The van der Waals surface area contributed by atoms with E-state index in [-0.39, 0.29) is 77.4 Å². The van der Waals surface area contributed by atoms with Crippen molar-refractivity contribution in [3.8, 4) is 34.5 Å². The first-order chi connectivity index (χ1) is 28.9. The number of hydrogen-bond acceptors (Lipinski definition) is 9. The topological polar surface area (TPSA) is 173 Å². The SMILES string of the molecule is CCCCCCCCCCCCc1c(O)ccc(Oc2ccccc2)c1S(=O)(=O)O.CCCCCCCCCCCCc1c([O-])ccc(Oc2ccccc2)c1S(=O)(=O)[O-].[Ca+2]. The molecule has 0 aliphatic heterocycles. The van der Waals surface area contributed by atoms with Gasteiger partial charge in [0.1, 0.15) is 43.8 Å². The maximum Gasteiger partial charge on any atom is 2.00 e. The molecule has 0 amide bonds. The van der Waals surface area contributed by atoms with Crippen molar-refractivity contribution in [3.63, 3.8) is 0 Å². The average Bonchev–Trinajstić information content (AvgIpc) is 3.21. The van der Waals surface area contributed by atoms with Gasteiger partial charge in [0.05, 0.1) is 4.90 Å². The van der Waals surface area contributed by atoms with Crippen LogP contribution in [0.3, 0.4) is 0 Å². The van der Waals surface area contributed by atoms with E-state index in [1.54, 1.807) is 54.6 Å². The predicted molar refractivity (Wildman–Crippen MR) is 242 cm³/mol. The van der Waals surface area contributed by atoms with Gasteiger partial charge in [-0.1, -0.05) is 172 Å². The van der Waals surface area contributed by atoms with Crippen LogP contribution in [-0.2, 0) is 33.1 Å². The molecule has 0 saturated heterocycles. The molecule has 10 nitrogen and oxygen atoms in total. The molecule has 4 rings (SSSR count). The van der Waals surface area contributed by atoms with E-state index in [2.05, 4.69) is 13.8 Å². The van der Waals surface area contributed by atoms with Crippen molar-refractivity contribution in [2.75, 3.05) is 0 Å². The molecular formula is C48H66CaO10S2. The van der Waals surface area contributed by atoms with Crippen LogP contribution < -0.4 is 14.6 Å². The van der Waals surface area contributed by atoms with Crippen molar-refractivity contribution in [1.29, 1.82) is 0 Å². The minimum atomic E-state index is -4.84. The zero-order valence-electron chi connectivity index (χ0n) is 36.3. The number of phenolic OH excluding ortho intramolecular Hbond substituents is 1. The first-order valence-electron chi connectivity index (χ1n) is 21.9. The fourth-order valence-corrected chi connectivity index (χ4v) is 8.93. The smallest absolute Gasteiger partial charge is 0.872 e. The summed E-state index contributed by atoms with van der Waals surface area (Å²) in [7, 11) is -9.40. The molecule has 0 bridgehead atoms. The third-order valence-electron chi connectivity index (χ3n) is 10.4. The van der Waals surface area contributed by atoms with E-state index in [1.807, 2.05) is 6.07 Å². The summed E-state index contributed by atoms with van der Waals surface area (Å²) in [6.07, 6.45) is 23.6. The Morgan fingerprint density at radius 3 is 1.25 bits per heavy atom. The minimum Gasteiger partial charge on any atom is -0.872 e. The van der Waals surface area contributed by atoms with Gasteiger partial charge in [-0.25, -0.2) is 8.42 Å². The molecule has 0 aliphatic rings. The Morgan fingerprint density at radius 1 is 0.492 bits per heavy atom. The number of phenols is 1. The Kier molecular flexibility index (Phi) is 27.0. The third kappa shape index (κ3) is 20.9. The van der Waals surface area contributed by atoms with Crippen LogP contribution in [0.5, 0.6) is 34.5 Å². The molecule has 0 spiro atoms. The number of benzene rings is 4. The van der Waals surface area contributed by atoms with Crippen molar-refractivity contribution in [2.24, 2.45) is 0 Å². The van der Waals surface area contributed by atoms with Gasteiger partial charge in [0.25, 0.3) is 10.1 Å². The van der Waals surface area contributed by atoms with E-state index < -0.39 is 30.9 Å². The van der Waals surface area contributed by atoms with E-state index >= 15 is 0 Å². The molecular weight excluding hydrogens is 841 g/mol. The largest absolute Gasteiger partial charge is 2.00 e. The van der Waals surface area contributed by atoms with Gasteiger partial charge in [-0.05, 0) is 73.7 Å². The Balaban J connectivity index is 0.000000413. The molecule has 332 valence electrons.